The summed E-state index contributed by atoms with van der Waals surface area (Å²) < 4.78 is 6.41. The van der Waals surface area contributed by atoms with Gasteiger partial charge < -0.3 is 10.5 Å². The van der Waals surface area contributed by atoms with Gasteiger partial charge in [0.05, 0.1) is 6.61 Å². The molecule has 0 saturated heterocycles. The lowest BCUT2D eigenvalue weighted by atomic mass is 10.1. The van der Waals surface area contributed by atoms with E-state index in [2.05, 4.69) is 52.1 Å². The maximum absolute atomic E-state index is 5.58. The first kappa shape index (κ1) is 15.6. The Labute approximate surface area is 118 Å². The van der Waals surface area contributed by atoms with Gasteiger partial charge in [-0.25, -0.2) is 0 Å². The molecular formula is C14H23BrN2O. The fourth-order valence-electron chi connectivity index (χ4n) is 1.98. The highest BCUT2D eigenvalue weighted by Gasteiger charge is 2.14. The Morgan fingerprint density at radius 2 is 2.00 bits per heavy atom. The predicted molar refractivity (Wildman–Crippen MR) is 79.6 cm³/mol. The van der Waals surface area contributed by atoms with Gasteiger partial charge in [-0.05, 0) is 44.1 Å². The molecule has 0 heterocycles. The first-order valence-electron chi connectivity index (χ1n) is 6.31. The van der Waals surface area contributed by atoms with E-state index in [1.54, 1.807) is 7.11 Å². The Balaban J connectivity index is 2.53. The normalized spacial score (nSPS) is 12.9. The van der Waals surface area contributed by atoms with Crippen LogP contribution in [0.1, 0.15) is 18.4 Å². The van der Waals surface area contributed by atoms with E-state index in [0.29, 0.717) is 6.04 Å². The zero-order chi connectivity index (χ0) is 13.4. The summed E-state index contributed by atoms with van der Waals surface area (Å²) in [4.78, 5) is 2.34. The molecule has 0 saturated carbocycles. The molecule has 0 aromatic heterocycles. The lowest BCUT2D eigenvalue weighted by Gasteiger charge is -2.27. The molecule has 0 amide bonds. The molecule has 18 heavy (non-hydrogen) atoms. The van der Waals surface area contributed by atoms with Crippen molar-refractivity contribution in [2.24, 2.45) is 5.73 Å². The van der Waals surface area contributed by atoms with Crippen LogP contribution in [0.25, 0.3) is 0 Å². The van der Waals surface area contributed by atoms with Crippen LogP contribution in [-0.2, 0) is 11.3 Å². The van der Waals surface area contributed by atoms with Crippen LogP contribution in [-0.4, -0.2) is 38.3 Å². The summed E-state index contributed by atoms with van der Waals surface area (Å²) in [5, 5.41) is 0. The van der Waals surface area contributed by atoms with Crippen LogP contribution < -0.4 is 5.73 Å². The van der Waals surface area contributed by atoms with Crippen molar-refractivity contribution in [3.63, 3.8) is 0 Å². The number of hydrogen-bond acceptors (Lipinski definition) is 3. The SMILES string of the molecule is COCC(CCCN)N(C)Cc1ccc(Br)cc1. The van der Waals surface area contributed by atoms with E-state index in [4.69, 9.17) is 10.5 Å². The Morgan fingerprint density at radius 3 is 2.56 bits per heavy atom. The van der Waals surface area contributed by atoms with Crippen LogP contribution in [0.3, 0.4) is 0 Å². The van der Waals surface area contributed by atoms with Gasteiger partial charge in [-0.1, -0.05) is 28.1 Å². The second kappa shape index (κ2) is 8.64. The van der Waals surface area contributed by atoms with Crippen LogP contribution in [0.5, 0.6) is 0 Å². The first-order chi connectivity index (χ1) is 8.67. The minimum Gasteiger partial charge on any atom is -0.383 e. The lowest BCUT2D eigenvalue weighted by Crippen LogP contribution is -2.35. The van der Waals surface area contributed by atoms with Crippen molar-refractivity contribution >= 4 is 15.9 Å². The topological polar surface area (TPSA) is 38.5 Å². The van der Waals surface area contributed by atoms with Gasteiger partial charge in [0.25, 0.3) is 0 Å². The fraction of sp³-hybridized carbons (Fsp3) is 0.571. The van der Waals surface area contributed by atoms with Gasteiger partial charge in [-0.3, -0.25) is 4.90 Å². The van der Waals surface area contributed by atoms with Crippen LogP contribution in [0.15, 0.2) is 28.7 Å². The molecule has 0 aliphatic rings. The molecular weight excluding hydrogens is 292 g/mol. The summed E-state index contributed by atoms with van der Waals surface area (Å²) in [5.74, 6) is 0. The van der Waals surface area contributed by atoms with Gasteiger partial charge in [0.1, 0.15) is 0 Å². The molecule has 2 N–H and O–H groups in total. The van der Waals surface area contributed by atoms with E-state index in [-0.39, 0.29) is 0 Å². The lowest BCUT2D eigenvalue weighted by molar-refractivity contribution is 0.0962. The maximum Gasteiger partial charge on any atom is 0.0618 e. The van der Waals surface area contributed by atoms with Gasteiger partial charge in [0.15, 0.2) is 0 Å². The van der Waals surface area contributed by atoms with Crippen LogP contribution in [0, 0.1) is 0 Å². The van der Waals surface area contributed by atoms with E-state index in [1.165, 1.54) is 5.56 Å². The summed E-state index contributed by atoms with van der Waals surface area (Å²) in [6.45, 7) is 2.44. The number of nitrogens with two attached hydrogens (primary N) is 1. The monoisotopic (exact) mass is 314 g/mol. The molecule has 0 aliphatic carbocycles. The first-order valence-corrected chi connectivity index (χ1v) is 7.10. The molecule has 102 valence electrons. The van der Waals surface area contributed by atoms with Gasteiger partial charge in [0, 0.05) is 24.2 Å². The van der Waals surface area contributed by atoms with Crippen molar-refractivity contribution in [1.29, 1.82) is 0 Å². The van der Waals surface area contributed by atoms with Crippen molar-refractivity contribution in [3.8, 4) is 0 Å². The molecule has 4 heteroatoms. The number of rotatable bonds is 8. The Kier molecular flexibility index (Phi) is 7.51. The molecule has 1 aromatic carbocycles. The fourth-order valence-corrected chi connectivity index (χ4v) is 2.25. The van der Waals surface area contributed by atoms with Crippen LogP contribution in [0.2, 0.25) is 0 Å². The van der Waals surface area contributed by atoms with E-state index < -0.39 is 0 Å². The standard InChI is InChI=1S/C14H23BrN2O/c1-17(14(11-18-2)4-3-9-16)10-12-5-7-13(15)8-6-12/h5-8,14H,3-4,9-11,16H2,1-2H3. The van der Waals surface area contributed by atoms with Crippen molar-refractivity contribution in [2.75, 3.05) is 27.3 Å². The number of halogens is 1. The van der Waals surface area contributed by atoms with E-state index >= 15 is 0 Å². The predicted octanol–water partition coefficient (Wildman–Crippen LogP) is 2.63. The average Bonchev–Trinajstić information content (AvgIpc) is 2.37. The molecule has 0 radical (unpaired) electrons. The van der Waals surface area contributed by atoms with Gasteiger partial charge in [-0.2, -0.15) is 0 Å². The number of hydrogen-bond donors (Lipinski definition) is 1. The summed E-state index contributed by atoms with van der Waals surface area (Å²) in [6.07, 6.45) is 2.12. The minimum absolute atomic E-state index is 0.433. The summed E-state index contributed by atoms with van der Waals surface area (Å²) in [5.41, 5.74) is 6.89. The molecule has 1 unspecified atom stereocenters. The van der Waals surface area contributed by atoms with Crippen LogP contribution in [0.4, 0.5) is 0 Å². The third-order valence-electron chi connectivity index (χ3n) is 3.07. The van der Waals surface area contributed by atoms with Crippen molar-refractivity contribution in [2.45, 2.75) is 25.4 Å². The Morgan fingerprint density at radius 1 is 1.33 bits per heavy atom. The van der Waals surface area contributed by atoms with Crippen molar-refractivity contribution in [3.05, 3.63) is 34.3 Å². The van der Waals surface area contributed by atoms with Crippen LogP contribution >= 0.6 is 15.9 Å². The highest BCUT2D eigenvalue weighted by molar-refractivity contribution is 9.10. The minimum atomic E-state index is 0.433. The summed E-state index contributed by atoms with van der Waals surface area (Å²) >= 11 is 3.45. The highest BCUT2D eigenvalue weighted by Crippen LogP contribution is 2.14. The molecule has 0 bridgehead atoms. The molecule has 0 fully saturated rings. The number of methoxy groups -OCH3 is 1. The second-order valence-corrected chi connectivity index (χ2v) is 5.50. The van der Waals surface area contributed by atoms with Gasteiger partial charge in [-0.15, -0.1) is 0 Å². The summed E-state index contributed by atoms with van der Waals surface area (Å²) in [6, 6.07) is 8.88. The van der Waals surface area contributed by atoms with E-state index in [0.717, 1.165) is 37.0 Å². The number of nitrogens with zero attached hydrogens (tertiary/aromatic N) is 1. The largest absolute Gasteiger partial charge is 0.383 e. The molecule has 3 nitrogen and oxygen atoms in total. The Bertz CT molecular complexity index is 329. The molecule has 1 rings (SSSR count). The average molecular weight is 315 g/mol. The Hall–Kier alpha value is -0.420. The quantitative estimate of drug-likeness (QED) is 0.801. The number of ether oxygens (including phenoxy) is 1. The third-order valence-corrected chi connectivity index (χ3v) is 3.60. The zero-order valence-corrected chi connectivity index (χ0v) is 12.8. The van der Waals surface area contributed by atoms with Gasteiger partial charge >= 0.3 is 0 Å². The molecule has 1 aromatic rings. The maximum atomic E-state index is 5.58. The number of benzene rings is 1. The molecule has 1 atom stereocenters. The zero-order valence-electron chi connectivity index (χ0n) is 11.2. The second-order valence-electron chi connectivity index (χ2n) is 4.58. The molecule has 0 spiro atoms. The number of likely N-dealkylation sites (N-methyl/N-ethyl adjacent to an activating group) is 1. The smallest absolute Gasteiger partial charge is 0.0618 e. The van der Waals surface area contributed by atoms with E-state index in [1.807, 2.05) is 0 Å². The summed E-state index contributed by atoms with van der Waals surface area (Å²) in [7, 11) is 3.89. The third kappa shape index (κ3) is 5.48. The van der Waals surface area contributed by atoms with Crippen molar-refractivity contribution in [1.82, 2.24) is 4.90 Å². The van der Waals surface area contributed by atoms with Crippen molar-refractivity contribution < 1.29 is 4.74 Å². The van der Waals surface area contributed by atoms with Gasteiger partial charge in [0.2, 0.25) is 0 Å². The van der Waals surface area contributed by atoms with E-state index in [9.17, 15) is 0 Å². The highest BCUT2D eigenvalue weighted by atomic mass is 79.9. The molecule has 0 aliphatic heterocycles.